The first-order valence-electron chi connectivity index (χ1n) is 5.90. The van der Waals surface area contributed by atoms with E-state index in [2.05, 4.69) is 30.7 Å². The molecular formula is C13H6BrClF3N3O. The summed E-state index contributed by atoms with van der Waals surface area (Å²) in [5.74, 6) is -0.308. The molecule has 0 spiro atoms. The third kappa shape index (κ3) is 2.89. The maximum absolute atomic E-state index is 12.2. The summed E-state index contributed by atoms with van der Waals surface area (Å²) in [6, 6.07) is 6.93. The first kappa shape index (κ1) is 15.1. The van der Waals surface area contributed by atoms with Gasteiger partial charge in [0.05, 0.1) is 16.1 Å². The van der Waals surface area contributed by atoms with Crippen LogP contribution in [0.15, 0.2) is 41.1 Å². The second kappa shape index (κ2) is 5.44. The highest BCUT2D eigenvalue weighted by molar-refractivity contribution is 9.10. The van der Waals surface area contributed by atoms with Gasteiger partial charge in [-0.05, 0) is 46.3 Å². The molecule has 0 unspecified atom stereocenters. The number of hydrogen-bond acceptors (Lipinski definition) is 3. The van der Waals surface area contributed by atoms with Crippen LogP contribution in [0.25, 0.3) is 16.7 Å². The zero-order chi connectivity index (χ0) is 15.9. The molecule has 0 N–H and O–H groups in total. The minimum Gasteiger partial charge on any atom is -0.406 e. The molecule has 0 aliphatic carbocycles. The van der Waals surface area contributed by atoms with Gasteiger partial charge >= 0.3 is 6.36 Å². The molecule has 0 aliphatic rings. The lowest BCUT2D eigenvalue weighted by atomic mass is 10.3. The van der Waals surface area contributed by atoms with Gasteiger partial charge in [0.15, 0.2) is 5.65 Å². The van der Waals surface area contributed by atoms with Crippen LogP contribution in [0.2, 0.25) is 5.02 Å². The van der Waals surface area contributed by atoms with Crippen molar-refractivity contribution < 1.29 is 17.9 Å². The van der Waals surface area contributed by atoms with E-state index in [9.17, 15) is 13.2 Å². The molecule has 0 fully saturated rings. The summed E-state index contributed by atoms with van der Waals surface area (Å²) >= 11 is 9.38. The molecule has 1 aromatic carbocycles. The second-order valence-electron chi connectivity index (χ2n) is 4.24. The van der Waals surface area contributed by atoms with Gasteiger partial charge in [0, 0.05) is 6.20 Å². The molecule has 0 atom stereocenters. The van der Waals surface area contributed by atoms with Gasteiger partial charge in [0.1, 0.15) is 10.4 Å². The van der Waals surface area contributed by atoms with E-state index in [1.165, 1.54) is 35.1 Å². The number of nitrogens with zero attached hydrogens (tertiary/aromatic N) is 3. The standard InChI is InChI=1S/C13H6BrClF3N3O/c14-11-10-9(15)5-6-19-12(10)21(20-11)7-1-3-8(4-2-7)22-13(16,17)18/h1-6H. The first-order valence-corrected chi connectivity index (χ1v) is 7.07. The van der Waals surface area contributed by atoms with Crippen LogP contribution in [0, 0.1) is 0 Å². The zero-order valence-electron chi connectivity index (χ0n) is 10.6. The fourth-order valence-corrected chi connectivity index (χ4v) is 2.83. The number of benzene rings is 1. The van der Waals surface area contributed by atoms with Gasteiger partial charge in [-0.1, -0.05) is 11.6 Å². The van der Waals surface area contributed by atoms with Crippen molar-refractivity contribution in [2.75, 3.05) is 0 Å². The van der Waals surface area contributed by atoms with E-state index >= 15 is 0 Å². The molecule has 0 radical (unpaired) electrons. The van der Waals surface area contributed by atoms with E-state index in [1.54, 1.807) is 6.07 Å². The molecule has 114 valence electrons. The lowest BCUT2D eigenvalue weighted by Crippen LogP contribution is -2.17. The Morgan fingerprint density at radius 3 is 2.45 bits per heavy atom. The third-order valence-corrected chi connectivity index (χ3v) is 3.66. The Morgan fingerprint density at radius 1 is 1.14 bits per heavy atom. The van der Waals surface area contributed by atoms with Gasteiger partial charge in [-0.25, -0.2) is 9.67 Å². The molecule has 3 rings (SSSR count). The van der Waals surface area contributed by atoms with Crippen LogP contribution >= 0.6 is 27.5 Å². The van der Waals surface area contributed by atoms with Gasteiger partial charge in [-0.2, -0.15) is 5.10 Å². The molecule has 0 amide bonds. The van der Waals surface area contributed by atoms with Crippen molar-refractivity contribution >= 4 is 38.6 Å². The van der Waals surface area contributed by atoms with Crippen LogP contribution < -0.4 is 4.74 Å². The minimum absolute atomic E-state index is 0.308. The van der Waals surface area contributed by atoms with Crippen LogP contribution in [0.3, 0.4) is 0 Å². The summed E-state index contributed by atoms with van der Waals surface area (Å²) < 4.78 is 42.3. The normalized spacial score (nSPS) is 11.9. The van der Waals surface area contributed by atoms with E-state index in [1.807, 2.05) is 0 Å². The highest BCUT2D eigenvalue weighted by Gasteiger charge is 2.31. The molecule has 22 heavy (non-hydrogen) atoms. The molecule has 3 aromatic rings. The van der Waals surface area contributed by atoms with Crippen molar-refractivity contribution in [3.05, 3.63) is 46.2 Å². The summed E-state index contributed by atoms with van der Waals surface area (Å²) in [5.41, 5.74) is 1.02. The quantitative estimate of drug-likeness (QED) is 0.633. The molecule has 2 heterocycles. The summed E-state index contributed by atoms with van der Waals surface area (Å²) in [6.07, 6.45) is -3.20. The number of halogens is 5. The molecule has 0 aliphatic heterocycles. The maximum Gasteiger partial charge on any atom is 0.573 e. The number of aromatic nitrogens is 3. The van der Waals surface area contributed by atoms with Gasteiger partial charge in [-0.15, -0.1) is 13.2 Å². The van der Waals surface area contributed by atoms with Crippen LogP contribution in [0.1, 0.15) is 0 Å². The number of alkyl halides is 3. The van der Waals surface area contributed by atoms with E-state index < -0.39 is 6.36 Å². The summed E-state index contributed by atoms with van der Waals surface area (Å²) in [4.78, 5) is 4.20. The van der Waals surface area contributed by atoms with Crippen molar-refractivity contribution in [1.29, 1.82) is 0 Å². The largest absolute Gasteiger partial charge is 0.573 e. The number of fused-ring (bicyclic) bond motifs is 1. The van der Waals surface area contributed by atoms with E-state index in [4.69, 9.17) is 11.6 Å². The summed E-state index contributed by atoms with van der Waals surface area (Å²) in [5, 5.41) is 5.35. The van der Waals surface area contributed by atoms with Crippen molar-refractivity contribution in [3.8, 4) is 11.4 Å². The smallest absolute Gasteiger partial charge is 0.406 e. The molecule has 9 heteroatoms. The van der Waals surface area contributed by atoms with Crippen molar-refractivity contribution in [2.45, 2.75) is 6.36 Å². The average molecular weight is 393 g/mol. The topological polar surface area (TPSA) is 39.9 Å². The Balaban J connectivity index is 2.03. The molecule has 0 saturated carbocycles. The Labute approximate surface area is 135 Å². The van der Waals surface area contributed by atoms with E-state index in [-0.39, 0.29) is 5.75 Å². The Kier molecular flexibility index (Phi) is 3.73. The lowest BCUT2D eigenvalue weighted by molar-refractivity contribution is -0.274. The van der Waals surface area contributed by atoms with Crippen LogP contribution in [0.4, 0.5) is 13.2 Å². The fourth-order valence-electron chi connectivity index (χ4n) is 1.93. The van der Waals surface area contributed by atoms with Crippen LogP contribution in [-0.4, -0.2) is 21.1 Å². The Bertz CT molecular complexity index is 833. The number of pyridine rings is 1. The van der Waals surface area contributed by atoms with Crippen molar-refractivity contribution in [3.63, 3.8) is 0 Å². The fraction of sp³-hybridized carbons (Fsp3) is 0.0769. The van der Waals surface area contributed by atoms with Crippen LogP contribution in [0.5, 0.6) is 5.75 Å². The van der Waals surface area contributed by atoms with Gasteiger partial charge in [0.2, 0.25) is 0 Å². The van der Waals surface area contributed by atoms with Gasteiger partial charge < -0.3 is 4.74 Å². The second-order valence-corrected chi connectivity index (χ2v) is 5.39. The van der Waals surface area contributed by atoms with Crippen LogP contribution in [-0.2, 0) is 0 Å². The summed E-state index contributed by atoms with van der Waals surface area (Å²) in [6.45, 7) is 0. The molecular weight excluding hydrogens is 387 g/mol. The highest BCUT2D eigenvalue weighted by Crippen LogP contribution is 2.31. The van der Waals surface area contributed by atoms with E-state index in [0.29, 0.717) is 26.3 Å². The number of rotatable bonds is 2. The molecule has 0 saturated heterocycles. The van der Waals surface area contributed by atoms with Gasteiger partial charge in [0.25, 0.3) is 0 Å². The zero-order valence-corrected chi connectivity index (χ0v) is 12.9. The maximum atomic E-state index is 12.2. The Morgan fingerprint density at radius 2 is 1.82 bits per heavy atom. The van der Waals surface area contributed by atoms with Crippen molar-refractivity contribution in [2.24, 2.45) is 0 Å². The number of hydrogen-bond donors (Lipinski definition) is 0. The predicted octanol–water partition coefficient (Wildman–Crippen LogP) is 4.74. The lowest BCUT2D eigenvalue weighted by Gasteiger charge is -2.09. The molecule has 2 aromatic heterocycles. The first-order chi connectivity index (χ1) is 10.3. The average Bonchev–Trinajstić information content (AvgIpc) is 2.77. The number of ether oxygens (including phenoxy) is 1. The Hall–Kier alpha value is -1.80. The SMILES string of the molecule is FC(F)(F)Oc1ccc(-n2nc(Br)c3c(Cl)ccnc32)cc1. The molecule has 0 bridgehead atoms. The van der Waals surface area contributed by atoms with E-state index in [0.717, 1.165) is 0 Å². The molecule has 4 nitrogen and oxygen atoms in total. The summed E-state index contributed by atoms with van der Waals surface area (Å²) in [7, 11) is 0. The van der Waals surface area contributed by atoms with Crippen molar-refractivity contribution in [1.82, 2.24) is 14.8 Å². The predicted molar refractivity (Wildman–Crippen MR) is 78.3 cm³/mol. The third-order valence-electron chi connectivity index (χ3n) is 2.79. The monoisotopic (exact) mass is 391 g/mol. The highest BCUT2D eigenvalue weighted by atomic mass is 79.9. The minimum atomic E-state index is -4.72. The van der Waals surface area contributed by atoms with Gasteiger partial charge in [-0.3, -0.25) is 0 Å².